The normalized spacial score (nSPS) is 13.0. The van der Waals surface area contributed by atoms with Crippen LogP contribution in [0, 0.1) is 5.41 Å². The number of hydrogen-bond donors (Lipinski definition) is 0. The highest BCUT2D eigenvalue weighted by atomic mass is 35.5. The molecule has 1 aromatic heterocycles. The maximum Gasteiger partial charge on any atom is 0.314 e. The van der Waals surface area contributed by atoms with E-state index in [0.29, 0.717) is 29.1 Å². The molecule has 0 radical (unpaired) electrons. The van der Waals surface area contributed by atoms with Gasteiger partial charge in [-0.1, -0.05) is 35.9 Å². The number of hydrogen-bond acceptors (Lipinski definition) is 4. The number of carbonyl (C=O) groups excluding carboxylic acids is 3. The SMILES string of the molecule is CC(C)(C)C(=O)OC[n+]1cc(CCN2C(=O)c3ccccc3C2=O)n(Cc2ccc(Cl)cc2)c1.[Cl-]. The molecule has 2 amide bonds. The Morgan fingerprint density at radius 1 is 1.00 bits per heavy atom. The lowest BCUT2D eigenvalue weighted by molar-refractivity contribution is -0.727. The molecule has 0 N–H and O–H groups in total. The van der Waals surface area contributed by atoms with Crippen molar-refractivity contribution in [3.05, 3.63) is 88.5 Å². The third-order valence-corrected chi connectivity index (χ3v) is 5.92. The number of rotatable bonds is 7. The van der Waals surface area contributed by atoms with Gasteiger partial charge in [0.1, 0.15) is 18.4 Å². The van der Waals surface area contributed by atoms with Crippen LogP contribution >= 0.6 is 11.6 Å². The van der Waals surface area contributed by atoms with Crippen LogP contribution < -0.4 is 17.0 Å². The maximum atomic E-state index is 12.7. The molecule has 2 heterocycles. The molecule has 9 heteroatoms. The summed E-state index contributed by atoms with van der Waals surface area (Å²) in [5.74, 6) is -0.843. The predicted octanol–water partition coefficient (Wildman–Crippen LogP) is 0.867. The van der Waals surface area contributed by atoms with Crippen LogP contribution in [0.3, 0.4) is 0 Å². The molecule has 3 aromatic rings. The Labute approximate surface area is 215 Å². The summed E-state index contributed by atoms with van der Waals surface area (Å²) in [6.07, 6.45) is 4.20. The minimum Gasteiger partial charge on any atom is -1.00 e. The number of halogens is 2. The number of imidazole rings is 1. The van der Waals surface area contributed by atoms with Crippen LogP contribution in [0.15, 0.2) is 61.1 Å². The lowest BCUT2D eigenvalue weighted by atomic mass is 9.98. The van der Waals surface area contributed by atoms with Crippen LogP contribution in [0.2, 0.25) is 5.02 Å². The van der Waals surface area contributed by atoms with E-state index < -0.39 is 5.41 Å². The highest BCUT2D eigenvalue weighted by molar-refractivity contribution is 6.30. The van der Waals surface area contributed by atoms with Gasteiger partial charge < -0.3 is 17.1 Å². The van der Waals surface area contributed by atoms with Crippen molar-refractivity contribution in [3.63, 3.8) is 0 Å². The van der Waals surface area contributed by atoms with Crippen molar-refractivity contribution in [1.29, 1.82) is 0 Å². The highest BCUT2D eigenvalue weighted by Crippen LogP contribution is 2.23. The average Bonchev–Trinajstić information content (AvgIpc) is 3.29. The second-order valence-corrected chi connectivity index (χ2v) is 9.81. The second-order valence-electron chi connectivity index (χ2n) is 9.37. The molecule has 184 valence electrons. The third kappa shape index (κ3) is 5.92. The average molecular weight is 516 g/mol. The molecule has 0 spiro atoms. The Morgan fingerprint density at radius 3 is 2.17 bits per heavy atom. The summed E-state index contributed by atoms with van der Waals surface area (Å²) in [5, 5.41) is 0.659. The van der Waals surface area contributed by atoms with Gasteiger partial charge in [-0.2, -0.15) is 0 Å². The monoisotopic (exact) mass is 515 g/mol. The lowest BCUT2D eigenvalue weighted by Gasteiger charge is -2.15. The van der Waals surface area contributed by atoms with Crippen molar-refractivity contribution in [1.82, 2.24) is 9.47 Å². The van der Waals surface area contributed by atoms with Crippen LogP contribution in [0.5, 0.6) is 0 Å². The second kappa shape index (κ2) is 10.6. The maximum absolute atomic E-state index is 12.7. The Balaban J connectivity index is 0.00000342. The molecule has 2 aromatic carbocycles. The minimum absolute atomic E-state index is 0. The number of benzene rings is 2. The van der Waals surface area contributed by atoms with Crippen LogP contribution in [-0.2, 0) is 29.2 Å². The van der Waals surface area contributed by atoms with Crippen LogP contribution in [0.25, 0.3) is 0 Å². The Kier molecular flexibility index (Phi) is 8.03. The van der Waals surface area contributed by atoms with Crippen molar-refractivity contribution >= 4 is 29.4 Å². The molecule has 1 aliphatic rings. The van der Waals surface area contributed by atoms with E-state index >= 15 is 0 Å². The third-order valence-electron chi connectivity index (χ3n) is 5.66. The van der Waals surface area contributed by atoms with Crippen molar-refractivity contribution in [3.8, 4) is 0 Å². The molecule has 0 fully saturated rings. The number of carbonyl (C=O) groups is 3. The smallest absolute Gasteiger partial charge is 0.314 e. The van der Waals surface area contributed by atoms with E-state index in [-0.39, 0.29) is 43.5 Å². The standard InChI is InChI=1S/C26H27ClN3O4.ClH/c1-26(2,3)25(33)34-17-28-15-20(29(16-28)14-18-8-10-19(27)11-9-18)12-13-30-23(31)21-6-4-5-7-22(21)24(30)32;/h4-11,15-16H,12-14,17H2,1-3H3;1H/q+1;/p-1. The summed E-state index contributed by atoms with van der Waals surface area (Å²) in [6, 6.07) is 14.4. The minimum atomic E-state index is -0.596. The molecular formula is C26H27Cl2N3O4. The van der Waals surface area contributed by atoms with E-state index in [1.165, 1.54) is 4.90 Å². The molecule has 0 atom stereocenters. The summed E-state index contributed by atoms with van der Waals surface area (Å²) >= 11 is 6.02. The summed E-state index contributed by atoms with van der Waals surface area (Å²) in [7, 11) is 0. The molecule has 1 aliphatic heterocycles. The van der Waals surface area contributed by atoms with Crippen molar-refractivity contribution < 1.29 is 36.1 Å². The number of esters is 1. The predicted molar refractivity (Wildman–Crippen MR) is 126 cm³/mol. The quantitative estimate of drug-likeness (QED) is 0.266. The van der Waals surface area contributed by atoms with Gasteiger partial charge in [0.05, 0.1) is 16.5 Å². The number of amides is 2. The number of imide groups is 1. The molecular weight excluding hydrogens is 489 g/mol. The molecule has 0 saturated heterocycles. The fourth-order valence-corrected chi connectivity index (χ4v) is 3.90. The first-order valence-electron chi connectivity index (χ1n) is 11.1. The first-order chi connectivity index (χ1) is 16.1. The van der Waals surface area contributed by atoms with Gasteiger partial charge in [-0.15, -0.1) is 0 Å². The number of nitrogens with zero attached hydrogens (tertiary/aromatic N) is 3. The largest absolute Gasteiger partial charge is 1.00 e. The van der Waals surface area contributed by atoms with E-state index in [2.05, 4.69) is 0 Å². The van der Waals surface area contributed by atoms with Crippen LogP contribution in [0.4, 0.5) is 0 Å². The van der Waals surface area contributed by atoms with Gasteiger partial charge >= 0.3 is 5.97 Å². The van der Waals surface area contributed by atoms with Gasteiger partial charge in [0.2, 0.25) is 13.1 Å². The van der Waals surface area contributed by atoms with E-state index in [9.17, 15) is 14.4 Å². The Hall–Kier alpha value is -3.16. The fraction of sp³-hybridized carbons (Fsp3) is 0.308. The van der Waals surface area contributed by atoms with Gasteiger partial charge in [-0.3, -0.25) is 19.3 Å². The van der Waals surface area contributed by atoms with E-state index in [1.54, 1.807) is 49.6 Å². The highest BCUT2D eigenvalue weighted by Gasteiger charge is 2.35. The number of aromatic nitrogens is 2. The van der Waals surface area contributed by atoms with Crippen molar-refractivity contribution in [2.24, 2.45) is 5.41 Å². The fourth-order valence-electron chi connectivity index (χ4n) is 3.78. The van der Waals surface area contributed by atoms with Gasteiger partial charge in [-0.25, -0.2) is 9.13 Å². The zero-order valence-corrected chi connectivity index (χ0v) is 21.3. The van der Waals surface area contributed by atoms with Gasteiger partial charge in [-0.05, 0) is 50.6 Å². The van der Waals surface area contributed by atoms with E-state index in [4.69, 9.17) is 16.3 Å². The van der Waals surface area contributed by atoms with Gasteiger partial charge in [0.25, 0.3) is 11.8 Å². The zero-order chi connectivity index (χ0) is 24.5. The molecule has 0 unspecified atom stereocenters. The van der Waals surface area contributed by atoms with Crippen LogP contribution in [-0.4, -0.2) is 33.8 Å². The summed E-state index contributed by atoms with van der Waals surface area (Å²) in [4.78, 5) is 39.0. The number of fused-ring (bicyclic) bond motifs is 1. The summed E-state index contributed by atoms with van der Waals surface area (Å²) in [5.41, 5.74) is 2.22. The Morgan fingerprint density at radius 2 is 1.60 bits per heavy atom. The molecule has 0 bridgehead atoms. The molecule has 35 heavy (non-hydrogen) atoms. The lowest BCUT2D eigenvalue weighted by Crippen LogP contribution is -3.00. The topological polar surface area (TPSA) is 72.5 Å². The molecule has 0 saturated carbocycles. The molecule has 4 rings (SSSR count). The van der Waals surface area contributed by atoms with Gasteiger partial charge in [0.15, 0.2) is 0 Å². The Bertz CT molecular complexity index is 1210. The molecule has 0 aliphatic carbocycles. The van der Waals surface area contributed by atoms with Crippen molar-refractivity contribution in [2.45, 2.75) is 40.5 Å². The first-order valence-corrected chi connectivity index (χ1v) is 11.5. The van der Waals surface area contributed by atoms with E-state index in [1.807, 2.05) is 41.4 Å². The van der Waals surface area contributed by atoms with Crippen LogP contribution in [0.1, 0.15) is 52.7 Å². The zero-order valence-electron chi connectivity index (χ0n) is 19.8. The van der Waals surface area contributed by atoms with E-state index in [0.717, 1.165) is 11.3 Å². The van der Waals surface area contributed by atoms with Crippen molar-refractivity contribution in [2.75, 3.05) is 6.54 Å². The van der Waals surface area contributed by atoms with Gasteiger partial charge in [0, 0.05) is 18.0 Å². The number of ether oxygens (including phenoxy) is 1. The first kappa shape index (κ1) is 26.4. The summed E-state index contributed by atoms with van der Waals surface area (Å²) in [6.45, 7) is 6.30. The summed E-state index contributed by atoms with van der Waals surface area (Å²) < 4.78 is 9.26. The molecule has 7 nitrogen and oxygen atoms in total.